The highest BCUT2D eigenvalue weighted by atomic mass is 32.2. The molecule has 2 nitrogen and oxygen atoms in total. The summed E-state index contributed by atoms with van der Waals surface area (Å²) in [6.45, 7) is 6.81. The van der Waals surface area contributed by atoms with Crippen LogP contribution in [0.4, 0.5) is 0 Å². The summed E-state index contributed by atoms with van der Waals surface area (Å²) in [5.41, 5.74) is 0. The first kappa shape index (κ1) is 12.3. The molecule has 2 rings (SSSR count). The zero-order valence-corrected chi connectivity index (χ0v) is 11.5. The van der Waals surface area contributed by atoms with Crippen molar-refractivity contribution in [2.45, 2.75) is 70.2 Å². The maximum absolute atomic E-state index is 4.72. The first-order chi connectivity index (χ1) is 7.67. The van der Waals surface area contributed by atoms with Crippen molar-refractivity contribution in [3.8, 4) is 0 Å². The number of aliphatic imine (C=N–C) groups is 1. The summed E-state index contributed by atoms with van der Waals surface area (Å²) in [5, 5.41) is 5.56. The number of hydrogen-bond acceptors (Lipinski definition) is 3. The van der Waals surface area contributed by atoms with Crippen molar-refractivity contribution in [3.63, 3.8) is 0 Å². The fourth-order valence-corrected chi connectivity index (χ4v) is 3.56. The Morgan fingerprint density at radius 2 is 2.19 bits per heavy atom. The molecule has 1 aliphatic carbocycles. The van der Waals surface area contributed by atoms with Crippen LogP contribution in [0.15, 0.2) is 4.99 Å². The molecule has 1 heterocycles. The van der Waals surface area contributed by atoms with Crippen LogP contribution in [0.3, 0.4) is 0 Å². The molecule has 1 fully saturated rings. The fourth-order valence-electron chi connectivity index (χ4n) is 2.33. The molecule has 3 unspecified atom stereocenters. The Balaban J connectivity index is 1.85. The highest BCUT2D eigenvalue weighted by Gasteiger charge is 2.26. The Morgan fingerprint density at radius 3 is 2.75 bits per heavy atom. The van der Waals surface area contributed by atoms with Gasteiger partial charge >= 0.3 is 0 Å². The molecule has 0 radical (unpaired) electrons. The van der Waals surface area contributed by atoms with E-state index in [9.17, 15) is 0 Å². The third-order valence-corrected chi connectivity index (χ3v) is 4.50. The summed E-state index contributed by atoms with van der Waals surface area (Å²) in [5.74, 6) is 1.00. The molecule has 0 aromatic heterocycles. The van der Waals surface area contributed by atoms with E-state index in [0.717, 1.165) is 5.92 Å². The van der Waals surface area contributed by atoms with Gasteiger partial charge in [-0.05, 0) is 32.1 Å². The Bertz CT molecular complexity index is 261. The third-order valence-electron chi connectivity index (χ3n) is 3.46. The number of thioether (sulfide) groups is 1. The van der Waals surface area contributed by atoms with Gasteiger partial charge in [-0.15, -0.1) is 0 Å². The van der Waals surface area contributed by atoms with E-state index < -0.39 is 0 Å². The molecular formula is C13H24N2S. The van der Waals surface area contributed by atoms with Crippen molar-refractivity contribution in [2.24, 2.45) is 10.9 Å². The summed E-state index contributed by atoms with van der Waals surface area (Å²) in [4.78, 5) is 4.72. The second kappa shape index (κ2) is 5.44. The normalized spacial score (nSPS) is 32.1. The van der Waals surface area contributed by atoms with Gasteiger partial charge in [0.2, 0.25) is 0 Å². The van der Waals surface area contributed by atoms with E-state index in [2.05, 4.69) is 26.1 Å². The minimum atomic E-state index is 0.497. The molecule has 0 spiro atoms. The van der Waals surface area contributed by atoms with Crippen molar-refractivity contribution < 1.29 is 0 Å². The van der Waals surface area contributed by atoms with Crippen molar-refractivity contribution in [1.82, 2.24) is 5.32 Å². The van der Waals surface area contributed by atoms with Crippen LogP contribution in [0.1, 0.15) is 52.9 Å². The van der Waals surface area contributed by atoms with Gasteiger partial charge in [-0.1, -0.05) is 38.5 Å². The Hall–Kier alpha value is -0.180. The van der Waals surface area contributed by atoms with E-state index in [0.29, 0.717) is 17.3 Å². The van der Waals surface area contributed by atoms with Gasteiger partial charge in [-0.2, -0.15) is 0 Å². The van der Waals surface area contributed by atoms with Gasteiger partial charge in [0, 0.05) is 11.3 Å². The predicted molar refractivity (Wildman–Crippen MR) is 73.1 cm³/mol. The monoisotopic (exact) mass is 240 g/mol. The van der Waals surface area contributed by atoms with E-state index in [1.807, 2.05) is 11.8 Å². The summed E-state index contributed by atoms with van der Waals surface area (Å²) in [6.07, 6.45) is 6.68. The zero-order chi connectivity index (χ0) is 11.5. The number of amidine groups is 1. The highest BCUT2D eigenvalue weighted by Crippen LogP contribution is 2.34. The Morgan fingerprint density at radius 1 is 1.44 bits per heavy atom. The molecule has 2 aliphatic rings. The lowest BCUT2D eigenvalue weighted by Crippen LogP contribution is -2.36. The topological polar surface area (TPSA) is 24.4 Å². The van der Waals surface area contributed by atoms with E-state index in [4.69, 9.17) is 4.99 Å². The molecule has 0 saturated heterocycles. The SMILES string of the molecule is CCC(CC1CC1)NC1=NC(C)CC(C)S1. The average Bonchev–Trinajstić information content (AvgIpc) is 2.99. The molecule has 0 aromatic carbocycles. The fraction of sp³-hybridized carbons (Fsp3) is 0.923. The van der Waals surface area contributed by atoms with Gasteiger partial charge in [0.25, 0.3) is 0 Å². The Labute approximate surface area is 104 Å². The van der Waals surface area contributed by atoms with Gasteiger partial charge in [0.1, 0.15) is 0 Å². The van der Waals surface area contributed by atoms with Crippen LogP contribution in [0, 0.1) is 5.92 Å². The zero-order valence-electron chi connectivity index (χ0n) is 10.7. The van der Waals surface area contributed by atoms with Crippen LogP contribution >= 0.6 is 11.8 Å². The van der Waals surface area contributed by atoms with Gasteiger partial charge in [0.05, 0.1) is 6.04 Å². The number of rotatable bonds is 4. The largest absolute Gasteiger partial charge is 0.362 e. The molecular weight excluding hydrogens is 216 g/mol. The lowest BCUT2D eigenvalue weighted by molar-refractivity contribution is 0.510. The molecule has 0 bridgehead atoms. The quantitative estimate of drug-likeness (QED) is 0.814. The van der Waals surface area contributed by atoms with Crippen LogP contribution < -0.4 is 5.32 Å². The molecule has 1 saturated carbocycles. The molecule has 0 aromatic rings. The van der Waals surface area contributed by atoms with Crippen molar-refractivity contribution in [1.29, 1.82) is 0 Å². The molecule has 92 valence electrons. The molecule has 3 atom stereocenters. The van der Waals surface area contributed by atoms with Crippen LogP contribution in [0.25, 0.3) is 0 Å². The first-order valence-electron chi connectivity index (χ1n) is 6.68. The molecule has 1 N–H and O–H groups in total. The van der Waals surface area contributed by atoms with E-state index in [1.165, 1.54) is 37.3 Å². The lowest BCUT2D eigenvalue weighted by atomic mass is 10.1. The van der Waals surface area contributed by atoms with E-state index >= 15 is 0 Å². The Kier molecular flexibility index (Phi) is 4.17. The molecule has 0 amide bonds. The van der Waals surface area contributed by atoms with Crippen LogP contribution in [-0.4, -0.2) is 22.5 Å². The van der Waals surface area contributed by atoms with Crippen LogP contribution in [0.5, 0.6) is 0 Å². The van der Waals surface area contributed by atoms with Gasteiger partial charge < -0.3 is 5.32 Å². The highest BCUT2D eigenvalue weighted by molar-refractivity contribution is 8.14. The maximum Gasteiger partial charge on any atom is 0.157 e. The van der Waals surface area contributed by atoms with Crippen LogP contribution in [-0.2, 0) is 0 Å². The number of hydrogen-bond donors (Lipinski definition) is 1. The van der Waals surface area contributed by atoms with Crippen molar-refractivity contribution in [3.05, 3.63) is 0 Å². The number of nitrogens with zero attached hydrogens (tertiary/aromatic N) is 1. The maximum atomic E-state index is 4.72. The first-order valence-corrected chi connectivity index (χ1v) is 7.56. The van der Waals surface area contributed by atoms with E-state index in [-0.39, 0.29) is 0 Å². The molecule has 3 heteroatoms. The van der Waals surface area contributed by atoms with Gasteiger partial charge in [-0.25, -0.2) is 0 Å². The summed E-state index contributed by atoms with van der Waals surface area (Å²) >= 11 is 1.92. The van der Waals surface area contributed by atoms with Crippen LogP contribution in [0.2, 0.25) is 0 Å². The standard InChI is InChI=1S/C13H24N2S/c1-4-12(8-11-5-6-11)15-13-14-9(2)7-10(3)16-13/h9-12H,4-8H2,1-3H3,(H,14,15). The minimum Gasteiger partial charge on any atom is -0.362 e. The summed E-state index contributed by atoms with van der Waals surface area (Å²) in [7, 11) is 0. The van der Waals surface area contributed by atoms with Gasteiger partial charge in [-0.3, -0.25) is 4.99 Å². The minimum absolute atomic E-state index is 0.497. The third kappa shape index (κ3) is 3.69. The van der Waals surface area contributed by atoms with E-state index in [1.54, 1.807) is 0 Å². The summed E-state index contributed by atoms with van der Waals surface area (Å²) < 4.78 is 0. The number of nitrogens with one attached hydrogen (secondary N) is 1. The van der Waals surface area contributed by atoms with Gasteiger partial charge in [0.15, 0.2) is 5.17 Å². The van der Waals surface area contributed by atoms with Crippen molar-refractivity contribution >= 4 is 16.9 Å². The molecule has 16 heavy (non-hydrogen) atoms. The summed E-state index contributed by atoms with van der Waals surface area (Å²) in [6, 6.07) is 1.15. The predicted octanol–water partition coefficient (Wildman–Crippen LogP) is 3.42. The second-order valence-corrected chi connectivity index (χ2v) is 6.80. The average molecular weight is 240 g/mol. The smallest absolute Gasteiger partial charge is 0.157 e. The molecule has 1 aliphatic heterocycles. The lowest BCUT2D eigenvalue weighted by Gasteiger charge is -2.26. The van der Waals surface area contributed by atoms with Crippen molar-refractivity contribution in [2.75, 3.05) is 0 Å². The second-order valence-electron chi connectivity index (χ2n) is 5.38.